The number of para-hydroxylation sites is 1. The molecule has 152 valence electrons. The van der Waals surface area contributed by atoms with E-state index in [0.717, 1.165) is 38.0 Å². The molecular weight excluding hydrogens is 352 g/mol. The molecule has 1 aliphatic carbocycles. The monoisotopic (exact) mass is 384 g/mol. The molecule has 28 heavy (non-hydrogen) atoms. The molecule has 2 heterocycles. The highest BCUT2D eigenvalue weighted by atomic mass is 16.2. The minimum atomic E-state index is -0.0113. The van der Waals surface area contributed by atoms with Gasteiger partial charge in [-0.1, -0.05) is 31.0 Å². The number of fused-ring (bicyclic) bond motifs is 1. The first kappa shape index (κ1) is 19.4. The first-order chi connectivity index (χ1) is 13.7. The summed E-state index contributed by atoms with van der Waals surface area (Å²) in [5, 5.41) is 9.76. The lowest BCUT2D eigenvalue weighted by atomic mass is 9.85. The van der Waals surface area contributed by atoms with Crippen molar-refractivity contribution in [2.75, 3.05) is 25.0 Å². The van der Waals surface area contributed by atoms with E-state index in [1.54, 1.807) is 0 Å². The average molecular weight is 385 g/mol. The number of anilines is 1. The van der Waals surface area contributed by atoms with Crippen molar-refractivity contribution < 1.29 is 9.59 Å². The number of benzene rings is 1. The number of likely N-dealkylation sites (tertiary alicyclic amines) is 1. The molecule has 3 unspecified atom stereocenters. The van der Waals surface area contributed by atoms with E-state index in [-0.39, 0.29) is 23.9 Å². The Labute approximate surface area is 167 Å². The van der Waals surface area contributed by atoms with Gasteiger partial charge in [0.15, 0.2) is 0 Å². The van der Waals surface area contributed by atoms with E-state index in [2.05, 4.69) is 20.9 Å². The molecule has 0 bridgehead atoms. The normalized spacial score (nSPS) is 28.5. The van der Waals surface area contributed by atoms with Crippen molar-refractivity contribution in [2.45, 2.75) is 63.1 Å². The molecule has 0 spiro atoms. The van der Waals surface area contributed by atoms with Gasteiger partial charge in [-0.25, -0.2) is 0 Å². The Balaban J connectivity index is 1.17. The van der Waals surface area contributed by atoms with E-state index in [1.165, 1.54) is 25.7 Å². The van der Waals surface area contributed by atoms with Crippen molar-refractivity contribution in [2.24, 2.45) is 5.92 Å². The number of amides is 2. The van der Waals surface area contributed by atoms with Crippen molar-refractivity contribution >= 4 is 17.5 Å². The number of hydrogen-bond acceptors (Lipinski definition) is 4. The van der Waals surface area contributed by atoms with Crippen LogP contribution >= 0.6 is 0 Å². The summed E-state index contributed by atoms with van der Waals surface area (Å²) in [6.45, 7) is 2.09. The molecule has 0 aromatic heterocycles. The summed E-state index contributed by atoms with van der Waals surface area (Å²) < 4.78 is 0. The van der Waals surface area contributed by atoms with Gasteiger partial charge < -0.3 is 16.0 Å². The summed E-state index contributed by atoms with van der Waals surface area (Å²) in [7, 11) is 0. The van der Waals surface area contributed by atoms with Gasteiger partial charge in [0.1, 0.15) is 0 Å². The molecule has 6 heteroatoms. The van der Waals surface area contributed by atoms with Gasteiger partial charge in [0.05, 0.1) is 12.6 Å². The molecule has 2 aliphatic heterocycles. The Morgan fingerprint density at radius 3 is 2.54 bits per heavy atom. The molecule has 1 aromatic carbocycles. The quantitative estimate of drug-likeness (QED) is 0.727. The predicted octanol–water partition coefficient (Wildman–Crippen LogP) is 2.13. The summed E-state index contributed by atoms with van der Waals surface area (Å²) in [4.78, 5) is 27.0. The standard InChI is InChI=1S/C22H32N4O2/c27-21(23-17-7-2-1-3-8-17)15-26-12-10-18(11-13-26)24-22(28)20-14-16-6-4-5-9-19(16)25-20/h1-3,7-8,16,18-20,25H,4-6,9-15H2,(H,23,27)(H,24,28). The van der Waals surface area contributed by atoms with Gasteiger partial charge in [0, 0.05) is 30.9 Å². The van der Waals surface area contributed by atoms with E-state index in [4.69, 9.17) is 0 Å². The minimum absolute atomic E-state index is 0.0113. The zero-order chi connectivity index (χ0) is 19.3. The fraction of sp³-hybridized carbons (Fsp3) is 0.636. The molecule has 4 rings (SSSR count). The van der Waals surface area contributed by atoms with Crippen molar-refractivity contribution in [3.8, 4) is 0 Å². The second-order valence-electron chi connectivity index (χ2n) is 8.58. The zero-order valence-electron chi connectivity index (χ0n) is 16.5. The topological polar surface area (TPSA) is 73.5 Å². The van der Waals surface area contributed by atoms with Gasteiger partial charge >= 0.3 is 0 Å². The Morgan fingerprint density at radius 2 is 1.79 bits per heavy atom. The number of carbonyl (C=O) groups excluding carboxylic acids is 2. The zero-order valence-corrected chi connectivity index (χ0v) is 16.5. The Kier molecular flexibility index (Phi) is 6.27. The van der Waals surface area contributed by atoms with Gasteiger partial charge in [-0.2, -0.15) is 0 Å². The Morgan fingerprint density at radius 1 is 1.04 bits per heavy atom. The highest BCUT2D eigenvalue weighted by Gasteiger charge is 2.38. The number of nitrogens with one attached hydrogen (secondary N) is 3. The van der Waals surface area contributed by atoms with Gasteiger partial charge in [-0.05, 0) is 50.2 Å². The first-order valence-electron chi connectivity index (χ1n) is 10.8. The van der Waals surface area contributed by atoms with E-state index in [1.807, 2.05) is 30.3 Å². The molecule has 3 N–H and O–H groups in total. The van der Waals surface area contributed by atoms with Crippen LogP contribution in [-0.4, -0.2) is 54.5 Å². The maximum absolute atomic E-state index is 12.7. The third-order valence-electron chi connectivity index (χ3n) is 6.54. The highest BCUT2D eigenvalue weighted by molar-refractivity contribution is 5.92. The molecule has 3 fully saturated rings. The summed E-state index contributed by atoms with van der Waals surface area (Å²) >= 11 is 0. The van der Waals surface area contributed by atoms with Gasteiger partial charge in [0.2, 0.25) is 11.8 Å². The number of rotatable bonds is 5. The number of hydrogen-bond donors (Lipinski definition) is 3. The van der Waals surface area contributed by atoms with Crippen LogP contribution in [0.1, 0.15) is 44.9 Å². The Bertz CT molecular complexity index is 658. The third-order valence-corrected chi connectivity index (χ3v) is 6.54. The van der Waals surface area contributed by atoms with Crippen LogP contribution in [0.2, 0.25) is 0 Å². The largest absolute Gasteiger partial charge is 0.352 e. The van der Waals surface area contributed by atoms with Crippen LogP contribution in [0.4, 0.5) is 5.69 Å². The van der Waals surface area contributed by atoms with E-state index < -0.39 is 0 Å². The van der Waals surface area contributed by atoms with Crippen molar-refractivity contribution in [1.29, 1.82) is 0 Å². The molecule has 2 saturated heterocycles. The molecule has 2 amide bonds. The maximum atomic E-state index is 12.7. The fourth-order valence-electron chi connectivity index (χ4n) is 4.98. The minimum Gasteiger partial charge on any atom is -0.352 e. The van der Waals surface area contributed by atoms with Gasteiger partial charge in [-0.3, -0.25) is 14.5 Å². The third kappa shape index (κ3) is 4.92. The van der Waals surface area contributed by atoms with Crippen molar-refractivity contribution in [3.63, 3.8) is 0 Å². The number of piperidine rings is 1. The van der Waals surface area contributed by atoms with Crippen LogP contribution in [-0.2, 0) is 9.59 Å². The van der Waals surface area contributed by atoms with Crippen LogP contribution in [0.5, 0.6) is 0 Å². The lowest BCUT2D eigenvalue weighted by Gasteiger charge is -2.32. The lowest BCUT2D eigenvalue weighted by molar-refractivity contribution is -0.124. The molecule has 6 nitrogen and oxygen atoms in total. The smallest absolute Gasteiger partial charge is 0.238 e. The lowest BCUT2D eigenvalue weighted by Crippen LogP contribution is -2.51. The van der Waals surface area contributed by atoms with Crippen LogP contribution in [0, 0.1) is 5.92 Å². The second kappa shape index (κ2) is 9.05. The fourth-order valence-corrected chi connectivity index (χ4v) is 4.98. The van der Waals surface area contributed by atoms with Crippen LogP contribution in [0.15, 0.2) is 30.3 Å². The maximum Gasteiger partial charge on any atom is 0.238 e. The van der Waals surface area contributed by atoms with Crippen LogP contribution < -0.4 is 16.0 Å². The number of nitrogens with zero attached hydrogens (tertiary/aromatic N) is 1. The van der Waals surface area contributed by atoms with Crippen LogP contribution in [0.3, 0.4) is 0 Å². The molecular formula is C22H32N4O2. The van der Waals surface area contributed by atoms with Crippen LogP contribution in [0.25, 0.3) is 0 Å². The summed E-state index contributed by atoms with van der Waals surface area (Å²) in [5.74, 6) is 0.885. The molecule has 3 aliphatic rings. The second-order valence-corrected chi connectivity index (χ2v) is 8.58. The molecule has 1 saturated carbocycles. The van der Waals surface area contributed by atoms with Gasteiger partial charge in [-0.15, -0.1) is 0 Å². The average Bonchev–Trinajstić information content (AvgIpc) is 3.15. The van der Waals surface area contributed by atoms with E-state index >= 15 is 0 Å². The number of carbonyl (C=O) groups is 2. The molecule has 1 aromatic rings. The summed E-state index contributed by atoms with van der Waals surface area (Å²) in [6.07, 6.45) is 7.90. The molecule has 0 radical (unpaired) electrons. The molecule has 3 atom stereocenters. The summed E-state index contributed by atoms with van der Waals surface area (Å²) in [5.41, 5.74) is 0.833. The van der Waals surface area contributed by atoms with E-state index in [0.29, 0.717) is 18.5 Å². The first-order valence-corrected chi connectivity index (χ1v) is 10.8. The predicted molar refractivity (Wildman–Crippen MR) is 110 cm³/mol. The van der Waals surface area contributed by atoms with Gasteiger partial charge in [0.25, 0.3) is 0 Å². The summed E-state index contributed by atoms with van der Waals surface area (Å²) in [6, 6.07) is 10.3. The van der Waals surface area contributed by atoms with Crippen molar-refractivity contribution in [1.82, 2.24) is 15.5 Å². The van der Waals surface area contributed by atoms with E-state index in [9.17, 15) is 9.59 Å². The van der Waals surface area contributed by atoms with Crippen molar-refractivity contribution in [3.05, 3.63) is 30.3 Å². The Hall–Kier alpha value is -1.92. The SMILES string of the molecule is O=C(CN1CCC(NC(=O)C2CC3CCCCC3N2)CC1)Nc1ccccc1. The highest BCUT2D eigenvalue weighted by Crippen LogP contribution is 2.33.